The molecule has 1 aliphatic carbocycles. The third-order valence-electron chi connectivity index (χ3n) is 3.73. The van der Waals surface area contributed by atoms with Crippen LogP contribution < -0.4 is 0 Å². The molecule has 1 fully saturated rings. The fraction of sp³-hybridized carbons (Fsp3) is 0.588. The first kappa shape index (κ1) is 18.9. The summed E-state index contributed by atoms with van der Waals surface area (Å²) in [5.74, 6) is -1.69. The summed E-state index contributed by atoms with van der Waals surface area (Å²) in [4.78, 5) is 34.0. The Morgan fingerprint density at radius 3 is 2.22 bits per heavy atom. The first-order valence-corrected chi connectivity index (χ1v) is 7.57. The van der Waals surface area contributed by atoms with Gasteiger partial charge in [0.05, 0.1) is 13.0 Å². The van der Waals surface area contributed by atoms with E-state index in [9.17, 15) is 14.4 Å². The van der Waals surface area contributed by atoms with E-state index in [2.05, 4.69) is 6.58 Å². The second kappa shape index (κ2) is 9.12. The number of hydrogen-bond donors (Lipinski definition) is 0. The molecule has 0 aliphatic heterocycles. The molecule has 128 valence electrons. The maximum absolute atomic E-state index is 12.0. The minimum atomic E-state index is -0.420. The predicted octanol–water partition coefficient (Wildman–Crippen LogP) is 2.18. The lowest BCUT2D eigenvalue weighted by atomic mass is 9.75. The third kappa shape index (κ3) is 6.26. The monoisotopic (exact) mass is 324 g/mol. The van der Waals surface area contributed by atoms with Crippen LogP contribution in [0.15, 0.2) is 23.8 Å². The van der Waals surface area contributed by atoms with Crippen LogP contribution in [-0.2, 0) is 28.6 Å². The molecule has 0 unspecified atom stereocenters. The standard InChI is InChI=1S/C17H24O6/c1-11-6-5-7-15(16(11)17(20)21-4)8-14(9-22-12(2)18)10-23-13(3)19/h8,15-16H,1,5-7,9-10H2,2-4H3/t15-,16+/m0/s1. The largest absolute Gasteiger partial charge is 0.469 e. The van der Waals surface area contributed by atoms with Crippen molar-refractivity contribution >= 4 is 17.9 Å². The van der Waals surface area contributed by atoms with Crippen molar-refractivity contribution in [3.63, 3.8) is 0 Å². The second-order valence-corrected chi connectivity index (χ2v) is 5.60. The maximum atomic E-state index is 12.0. The Bertz CT molecular complexity index is 477. The molecule has 1 rings (SSSR count). The summed E-state index contributed by atoms with van der Waals surface area (Å²) >= 11 is 0. The molecular weight excluding hydrogens is 300 g/mol. The van der Waals surface area contributed by atoms with Crippen molar-refractivity contribution in [2.75, 3.05) is 20.3 Å². The molecule has 0 aromatic carbocycles. The minimum absolute atomic E-state index is 0.0273. The molecule has 6 nitrogen and oxygen atoms in total. The van der Waals surface area contributed by atoms with Crippen molar-refractivity contribution in [1.29, 1.82) is 0 Å². The van der Waals surface area contributed by atoms with Crippen molar-refractivity contribution in [3.8, 4) is 0 Å². The Balaban J connectivity index is 2.94. The van der Waals surface area contributed by atoms with Gasteiger partial charge >= 0.3 is 17.9 Å². The van der Waals surface area contributed by atoms with Crippen molar-refractivity contribution in [2.45, 2.75) is 33.1 Å². The average molecular weight is 324 g/mol. The van der Waals surface area contributed by atoms with Gasteiger partial charge in [0.1, 0.15) is 13.2 Å². The van der Waals surface area contributed by atoms with Crippen molar-refractivity contribution in [3.05, 3.63) is 23.8 Å². The van der Waals surface area contributed by atoms with Crippen molar-refractivity contribution < 1.29 is 28.6 Å². The van der Waals surface area contributed by atoms with Crippen LogP contribution in [0.25, 0.3) is 0 Å². The molecule has 2 atom stereocenters. The molecule has 6 heteroatoms. The molecule has 1 saturated carbocycles. The number of rotatable bonds is 6. The maximum Gasteiger partial charge on any atom is 0.313 e. The Morgan fingerprint density at radius 2 is 1.74 bits per heavy atom. The van der Waals surface area contributed by atoms with E-state index in [1.807, 2.05) is 6.08 Å². The molecule has 0 heterocycles. The van der Waals surface area contributed by atoms with E-state index in [4.69, 9.17) is 14.2 Å². The van der Waals surface area contributed by atoms with Crippen LogP contribution in [0.5, 0.6) is 0 Å². The number of esters is 3. The van der Waals surface area contributed by atoms with Crippen LogP contribution in [0.4, 0.5) is 0 Å². The number of methoxy groups -OCH3 is 1. The highest BCUT2D eigenvalue weighted by atomic mass is 16.5. The van der Waals surface area contributed by atoms with Gasteiger partial charge in [-0.1, -0.05) is 18.2 Å². The van der Waals surface area contributed by atoms with Crippen molar-refractivity contribution in [1.82, 2.24) is 0 Å². The number of hydrogen-bond acceptors (Lipinski definition) is 6. The minimum Gasteiger partial charge on any atom is -0.469 e. The Morgan fingerprint density at radius 1 is 1.17 bits per heavy atom. The molecule has 0 amide bonds. The molecule has 0 radical (unpaired) electrons. The molecule has 0 aromatic heterocycles. The zero-order chi connectivity index (χ0) is 17.4. The summed E-state index contributed by atoms with van der Waals surface area (Å²) in [6.07, 6.45) is 4.34. The summed E-state index contributed by atoms with van der Waals surface area (Å²) in [5.41, 5.74) is 1.48. The van der Waals surface area contributed by atoms with Crippen LogP contribution in [0.2, 0.25) is 0 Å². The van der Waals surface area contributed by atoms with Crippen LogP contribution in [0.1, 0.15) is 33.1 Å². The van der Waals surface area contributed by atoms with Gasteiger partial charge in [0.25, 0.3) is 0 Å². The van der Waals surface area contributed by atoms with Gasteiger partial charge in [-0.15, -0.1) is 0 Å². The van der Waals surface area contributed by atoms with E-state index in [0.717, 1.165) is 24.8 Å². The fourth-order valence-electron chi connectivity index (χ4n) is 2.67. The van der Waals surface area contributed by atoms with E-state index in [-0.39, 0.29) is 25.1 Å². The summed E-state index contributed by atoms with van der Waals surface area (Å²) < 4.78 is 14.8. The number of allylic oxidation sites excluding steroid dienone is 1. The Hall–Kier alpha value is -2.11. The summed E-state index contributed by atoms with van der Waals surface area (Å²) in [7, 11) is 1.35. The SMILES string of the molecule is C=C1CCC[C@@H](C=C(COC(C)=O)COC(C)=O)[C@@H]1C(=O)OC. The molecule has 23 heavy (non-hydrogen) atoms. The molecule has 1 aliphatic rings. The van der Waals surface area contributed by atoms with Crippen LogP contribution in [0.3, 0.4) is 0 Å². The highest BCUT2D eigenvalue weighted by molar-refractivity contribution is 5.76. The summed E-state index contributed by atoms with van der Waals surface area (Å²) in [6.45, 7) is 6.64. The lowest BCUT2D eigenvalue weighted by Gasteiger charge is -2.30. The normalized spacial score (nSPS) is 20.4. The quantitative estimate of drug-likeness (QED) is 0.423. The average Bonchev–Trinajstić information content (AvgIpc) is 2.49. The summed E-state index contributed by atoms with van der Waals surface area (Å²) in [5, 5.41) is 0. The highest BCUT2D eigenvalue weighted by Crippen LogP contribution is 2.35. The first-order valence-electron chi connectivity index (χ1n) is 7.57. The Kier molecular flexibility index (Phi) is 7.51. The van der Waals surface area contributed by atoms with E-state index >= 15 is 0 Å². The molecule has 0 saturated heterocycles. The summed E-state index contributed by atoms with van der Waals surface area (Å²) in [6, 6.07) is 0. The van der Waals surface area contributed by atoms with Crippen LogP contribution >= 0.6 is 0 Å². The van der Waals surface area contributed by atoms with E-state index < -0.39 is 17.9 Å². The molecule has 0 spiro atoms. The van der Waals surface area contributed by atoms with Gasteiger partial charge in [-0.2, -0.15) is 0 Å². The third-order valence-corrected chi connectivity index (χ3v) is 3.73. The number of ether oxygens (including phenoxy) is 3. The van der Waals surface area contributed by atoms with Crippen LogP contribution in [-0.4, -0.2) is 38.2 Å². The van der Waals surface area contributed by atoms with Crippen LogP contribution in [0, 0.1) is 11.8 Å². The molecule has 0 aromatic rings. The van der Waals surface area contributed by atoms with Gasteiger partial charge in [0.2, 0.25) is 0 Å². The van der Waals surface area contributed by atoms with E-state index in [1.54, 1.807) is 0 Å². The van der Waals surface area contributed by atoms with Gasteiger partial charge in [-0.3, -0.25) is 14.4 Å². The molecule has 0 N–H and O–H groups in total. The second-order valence-electron chi connectivity index (χ2n) is 5.60. The zero-order valence-corrected chi connectivity index (χ0v) is 13.9. The topological polar surface area (TPSA) is 78.9 Å². The van der Waals surface area contributed by atoms with Gasteiger partial charge in [-0.05, 0) is 25.2 Å². The van der Waals surface area contributed by atoms with E-state index in [1.165, 1.54) is 21.0 Å². The van der Waals surface area contributed by atoms with Gasteiger partial charge < -0.3 is 14.2 Å². The first-order chi connectivity index (χ1) is 10.8. The highest BCUT2D eigenvalue weighted by Gasteiger charge is 2.33. The van der Waals surface area contributed by atoms with Crippen molar-refractivity contribution in [2.24, 2.45) is 11.8 Å². The number of carbonyl (C=O) groups is 3. The van der Waals surface area contributed by atoms with Gasteiger partial charge in [0.15, 0.2) is 0 Å². The predicted molar refractivity (Wildman–Crippen MR) is 83.3 cm³/mol. The lowest BCUT2D eigenvalue weighted by molar-refractivity contribution is -0.146. The number of carbonyl (C=O) groups excluding carboxylic acids is 3. The zero-order valence-electron chi connectivity index (χ0n) is 13.9. The van der Waals surface area contributed by atoms with E-state index in [0.29, 0.717) is 5.57 Å². The molecular formula is C17H24O6. The Labute approximate surface area is 136 Å². The van der Waals surface area contributed by atoms with Gasteiger partial charge in [0, 0.05) is 19.4 Å². The smallest absolute Gasteiger partial charge is 0.313 e. The lowest BCUT2D eigenvalue weighted by Crippen LogP contribution is -2.29. The fourth-order valence-corrected chi connectivity index (χ4v) is 2.67. The van der Waals surface area contributed by atoms with Gasteiger partial charge in [-0.25, -0.2) is 0 Å². The molecule has 0 bridgehead atoms.